The van der Waals surface area contributed by atoms with E-state index in [0.29, 0.717) is 0 Å². The van der Waals surface area contributed by atoms with Crippen molar-refractivity contribution < 1.29 is 0 Å². The Morgan fingerprint density at radius 2 is 1.23 bits per heavy atom. The molecule has 3 heteroatoms. The predicted molar refractivity (Wildman–Crippen MR) is 111 cm³/mol. The second-order valence-corrected chi connectivity index (χ2v) is 6.95. The minimum absolute atomic E-state index is 0.110. The fourth-order valence-corrected chi connectivity index (χ4v) is 3.41. The molecule has 4 rings (SSSR count). The van der Waals surface area contributed by atoms with Gasteiger partial charge in [-0.15, -0.1) is 0 Å². The van der Waals surface area contributed by atoms with Crippen molar-refractivity contribution in [2.75, 3.05) is 0 Å². The summed E-state index contributed by atoms with van der Waals surface area (Å²) in [5.41, 5.74) is 5.74. The highest BCUT2D eigenvalue weighted by Crippen LogP contribution is 2.37. The van der Waals surface area contributed by atoms with Crippen LogP contribution < -0.4 is 5.56 Å². The molecule has 0 saturated heterocycles. The van der Waals surface area contributed by atoms with Crippen LogP contribution in [0, 0.1) is 0 Å². The first-order chi connectivity index (χ1) is 12.7. The lowest BCUT2D eigenvalue weighted by atomic mass is 9.91. The maximum Gasteiger partial charge on any atom is 0.249 e. The highest BCUT2D eigenvalue weighted by Gasteiger charge is 2.15. The van der Waals surface area contributed by atoms with E-state index in [1.54, 1.807) is 6.07 Å². The number of pyridine rings is 1. The predicted octanol–water partition coefficient (Wildman–Crippen LogP) is 6.14. The lowest BCUT2D eigenvalue weighted by Crippen LogP contribution is -2.08. The average molecular weight is 402 g/mol. The van der Waals surface area contributed by atoms with Gasteiger partial charge in [-0.25, -0.2) is 0 Å². The summed E-state index contributed by atoms with van der Waals surface area (Å²) in [5, 5.41) is 0. The van der Waals surface area contributed by atoms with Crippen molar-refractivity contribution in [3.8, 4) is 33.5 Å². The third-order valence-corrected chi connectivity index (χ3v) is 4.85. The normalized spacial score (nSPS) is 10.7. The molecule has 3 aromatic carbocycles. The summed E-state index contributed by atoms with van der Waals surface area (Å²) in [4.78, 5) is 15.5. The Morgan fingerprint density at radius 1 is 0.654 bits per heavy atom. The number of nitrogens with one attached hydrogen (secondary N) is 1. The van der Waals surface area contributed by atoms with Crippen LogP contribution in [0.25, 0.3) is 33.5 Å². The summed E-state index contributed by atoms with van der Waals surface area (Å²) in [6.45, 7) is 0. The molecule has 0 saturated carbocycles. The van der Waals surface area contributed by atoms with Crippen molar-refractivity contribution in [1.82, 2.24) is 4.98 Å². The van der Waals surface area contributed by atoms with Gasteiger partial charge in [0.2, 0.25) is 5.56 Å². The first-order valence-electron chi connectivity index (χ1n) is 8.36. The van der Waals surface area contributed by atoms with E-state index in [1.807, 2.05) is 72.8 Å². The second kappa shape index (κ2) is 7.14. The quantitative estimate of drug-likeness (QED) is 0.439. The molecule has 2 nitrogen and oxygen atoms in total. The molecule has 0 bridgehead atoms. The number of H-pyrrole nitrogens is 1. The van der Waals surface area contributed by atoms with Gasteiger partial charge in [0.15, 0.2) is 0 Å². The zero-order chi connectivity index (χ0) is 17.9. The number of benzene rings is 3. The van der Waals surface area contributed by atoms with Crippen LogP contribution in [0.5, 0.6) is 0 Å². The summed E-state index contributed by atoms with van der Waals surface area (Å²) in [6, 6.07) is 29.9. The van der Waals surface area contributed by atoms with Gasteiger partial charge in [0.25, 0.3) is 0 Å². The van der Waals surface area contributed by atoms with Crippen molar-refractivity contribution >= 4 is 15.9 Å². The molecule has 0 amide bonds. The molecule has 0 fully saturated rings. The van der Waals surface area contributed by atoms with E-state index in [1.165, 1.54) is 0 Å². The molecule has 4 aromatic rings. The maximum absolute atomic E-state index is 12.4. The van der Waals surface area contributed by atoms with Crippen LogP contribution in [-0.4, -0.2) is 4.98 Å². The number of hydrogen-bond donors (Lipinski definition) is 1. The third kappa shape index (κ3) is 3.26. The Hall–Kier alpha value is -2.91. The van der Waals surface area contributed by atoms with Crippen molar-refractivity contribution in [2.24, 2.45) is 0 Å². The number of halogens is 1. The molecule has 0 spiro atoms. The number of aromatic nitrogens is 1. The van der Waals surface area contributed by atoms with Gasteiger partial charge in [-0.1, -0.05) is 88.7 Å². The van der Waals surface area contributed by atoms with Crippen molar-refractivity contribution in [3.05, 3.63) is 106 Å². The van der Waals surface area contributed by atoms with Crippen LogP contribution >= 0.6 is 15.9 Å². The molecular weight excluding hydrogens is 386 g/mol. The molecule has 26 heavy (non-hydrogen) atoms. The zero-order valence-corrected chi connectivity index (χ0v) is 15.5. The molecule has 126 valence electrons. The molecule has 0 unspecified atom stereocenters. The van der Waals surface area contributed by atoms with E-state index in [-0.39, 0.29) is 5.56 Å². The highest BCUT2D eigenvalue weighted by atomic mass is 79.9. The van der Waals surface area contributed by atoms with E-state index in [0.717, 1.165) is 38.0 Å². The van der Waals surface area contributed by atoms with E-state index in [9.17, 15) is 4.79 Å². The highest BCUT2D eigenvalue weighted by molar-refractivity contribution is 9.10. The SMILES string of the molecule is O=c1cc(-c2ccccc2)c(-c2ccccc2)c(-c2ccc(Br)cc2)[nH]1. The second-order valence-electron chi connectivity index (χ2n) is 6.04. The Balaban J connectivity index is 2.07. The minimum Gasteiger partial charge on any atom is -0.321 e. The van der Waals surface area contributed by atoms with Crippen molar-refractivity contribution in [1.29, 1.82) is 0 Å². The Morgan fingerprint density at radius 3 is 1.85 bits per heavy atom. The topological polar surface area (TPSA) is 32.9 Å². The summed E-state index contributed by atoms with van der Waals surface area (Å²) in [6.07, 6.45) is 0. The number of hydrogen-bond acceptors (Lipinski definition) is 1. The van der Waals surface area contributed by atoms with E-state index < -0.39 is 0 Å². The average Bonchev–Trinajstić information content (AvgIpc) is 2.69. The summed E-state index contributed by atoms with van der Waals surface area (Å²) in [5.74, 6) is 0. The fourth-order valence-electron chi connectivity index (χ4n) is 3.14. The standard InChI is InChI=1S/C23H16BrNO/c24-19-13-11-18(12-14-19)23-22(17-9-5-2-6-10-17)20(15-21(26)25-23)16-7-3-1-4-8-16/h1-15H,(H,25,26). The monoisotopic (exact) mass is 401 g/mol. The molecule has 0 aliphatic carbocycles. The smallest absolute Gasteiger partial charge is 0.249 e. The minimum atomic E-state index is -0.110. The maximum atomic E-state index is 12.4. The van der Waals surface area contributed by atoms with Gasteiger partial charge in [-0.3, -0.25) is 4.79 Å². The van der Waals surface area contributed by atoms with Crippen LogP contribution in [0.4, 0.5) is 0 Å². The van der Waals surface area contributed by atoms with Crippen LogP contribution in [0.1, 0.15) is 0 Å². The van der Waals surface area contributed by atoms with Crippen molar-refractivity contribution in [2.45, 2.75) is 0 Å². The van der Waals surface area contributed by atoms with Gasteiger partial charge in [0, 0.05) is 16.1 Å². The van der Waals surface area contributed by atoms with Crippen LogP contribution in [0.3, 0.4) is 0 Å². The molecule has 0 aliphatic rings. The van der Waals surface area contributed by atoms with E-state index in [2.05, 4.69) is 33.0 Å². The number of rotatable bonds is 3. The van der Waals surface area contributed by atoms with E-state index in [4.69, 9.17) is 0 Å². The Labute approximate surface area is 160 Å². The van der Waals surface area contributed by atoms with Gasteiger partial charge in [-0.05, 0) is 34.4 Å². The molecule has 0 radical (unpaired) electrons. The summed E-state index contributed by atoms with van der Waals surface area (Å²) in [7, 11) is 0. The van der Waals surface area contributed by atoms with Gasteiger partial charge in [-0.2, -0.15) is 0 Å². The molecule has 1 heterocycles. The summed E-state index contributed by atoms with van der Waals surface area (Å²) < 4.78 is 1.00. The first-order valence-corrected chi connectivity index (χ1v) is 9.16. The molecule has 0 atom stereocenters. The van der Waals surface area contributed by atoms with Gasteiger partial charge in [0.1, 0.15) is 0 Å². The van der Waals surface area contributed by atoms with Gasteiger partial charge in [0.05, 0.1) is 5.69 Å². The third-order valence-electron chi connectivity index (χ3n) is 4.32. The first kappa shape index (κ1) is 16.6. The number of aromatic amines is 1. The lowest BCUT2D eigenvalue weighted by Gasteiger charge is -2.15. The molecular formula is C23H16BrNO. The lowest BCUT2D eigenvalue weighted by molar-refractivity contribution is 1.24. The van der Waals surface area contributed by atoms with E-state index >= 15 is 0 Å². The summed E-state index contributed by atoms with van der Waals surface area (Å²) >= 11 is 3.48. The zero-order valence-electron chi connectivity index (χ0n) is 13.9. The fraction of sp³-hybridized carbons (Fsp3) is 0. The van der Waals surface area contributed by atoms with Gasteiger partial charge >= 0.3 is 0 Å². The molecule has 1 aromatic heterocycles. The Kier molecular flexibility index (Phi) is 4.55. The van der Waals surface area contributed by atoms with Crippen LogP contribution in [0.15, 0.2) is 100 Å². The van der Waals surface area contributed by atoms with Crippen LogP contribution in [0.2, 0.25) is 0 Å². The Bertz CT molecular complexity index is 1080. The van der Waals surface area contributed by atoms with Crippen LogP contribution in [-0.2, 0) is 0 Å². The molecule has 1 N–H and O–H groups in total. The largest absolute Gasteiger partial charge is 0.321 e. The van der Waals surface area contributed by atoms with Crippen molar-refractivity contribution in [3.63, 3.8) is 0 Å². The molecule has 0 aliphatic heterocycles. The van der Waals surface area contributed by atoms with Gasteiger partial charge < -0.3 is 4.98 Å².